The summed E-state index contributed by atoms with van der Waals surface area (Å²) in [5.41, 5.74) is 6.28. The van der Waals surface area contributed by atoms with Crippen molar-refractivity contribution in [2.75, 3.05) is 12.3 Å². The van der Waals surface area contributed by atoms with Crippen molar-refractivity contribution in [2.45, 2.75) is 12.6 Å². The minimum atomic E-state index is -0.207. The van der Waals surface area contributed by atoms with Crippen molar-refractivity contribution in [3.05, 3.63) is 23.2 Å². The number of nitrogens with one attached hydrogen (secondary N) is 2. The first kappa shape index (κ1) is 10.1. The summed E-state index contributed by atoms with van der Waals surface area (Å²) < 4.78 is 0. The van der Waals surface area contributed by atoms with E-state index < -0.39 is 0 Å². The van der Waals surface area contributed by atoms with Crippen LogP contribution in [0.15, 0.2) is 17.5 Å². The molecule has 1 aliphatic rings. The molecule has 80 valence electrons. The molecule has 0 fully saturated rings. The lowest BCUT2D eigenvalue weighted by Gasteiger charge is -2.08. The molecular weight excluding hydrogens is 212 g/mol. The Morgan fingerprint density at radius 3 is 3.27 bits per heavy atom. The maximum atomic E-state index is 11.5. The summed E-state index contributed by atoms with van der Waals surface area (Å²) in [6, 6.07) is -0.207. The highest BCUT2D eigenvalue weighted by Crippen LogP contribution is 2.10. The number of carbonyl (C=O) groups excluding carboxylic acids is 1. The van der Waals surface area contributed by atoms with Gasteiger partial charge in [0.2, 0.25) is 5.91 Å². The molecule has 0 bridgehead atoms. The highest BCUT2D eigenvalue weighted by atomic mass is 32.1. The van der Waals surface area contributed by atoms with Crippen LogP contribution in [-0.2, 0) is 11.3 Å². The van der Waals surface area contributed by atoms with E-state index in [2.05, 4.69) is 15.6 Å². The summed E-state index contributed by atoms with van der Waals surface area (Å²) in [4.78, 5) is 15.6. The summed E-state index contributed by atoms with van der Waals surface area (Å²) in [7, 11) is 0. The van der Waals surface area contributed by atoms with E-state index >= 15 is 0 Å². The molecule has 5 nitrogen and oxygen atoms in total. The van der Waals surface area contributed by atoms with Gasteiger partial charge in [0.1, 0.15) is 6.04 Å². The topological polar surface area (TPSA) is 80.0 Å². The van der Waals surface area contributed by atoms with Gasteiger partial charge in [-0.05, 0) is 0 Å². The molecule has 0 aliphatic carbocycles. The third-order valence-corrected chi connectivity index (χ3v) is 2.80. The molecular formula is C9H12N4OS. The van der Waals surface area contributed by atoms with Crippen LogP contribution in [0, 0.1) is 0 Å². The third-order valence-electron chi connectivity index (χ3n) is 2.08. The van der Waals surface area contributed by atoms with Gasteiger partial charge in [-0.1, -0.05) is 12.2 Å². The van der Waals surface area contributed by atoms with Gasteiger partial charge in [0.05, 0.1) is 12.2 Å². The minimum absolute atomic E-state index is 0.0321. The molecule has 6 heteroatoms. The van der Waals surface area contributed by atoms with Crippen molar-refractivity contribution in [1.82, 2.24) is 15.6 Å². The SMILES string of the molecule is Nc1nc(CNC(=O)C2C=CCN2)cs1. The fraction of sp³-hybridized carbons (Fsp3) is 0.333. The number of nitrogens with two attached hydrogens (primary N) is 1. The van der Waals surface area contributed by atoms with E-state index in [1.54, 1.807) is 0 Å². The number of nitrogens with zero attached hydrogens (tertiary/aromatic N) is 1. The lowest BCUT2D eigenvalue weighted by atomic mass is 10.3. The number of thiazole rings is 1. The summed E-state index contributed by atoms with van der Waals surface area (Å²) in [5.74, 6) is -0.0321. The Kier molecular flexibility index (Phi) is 2.98. The van der Waals surface area contributed by atoms with Gasteiger partial charge in [-0.25, -0.2) is 4.98 Å². The Morgan fingerprint density at radius 2 is 2.67 bits per heavy atom. The molecule has 0 saturated heterocycles. The maximum Gasteiger partial charge on any atom is 0.241 e. The minimum Gasteiger partial charge on any atom is -0.375 e. The maximum absolute atomic E-state index is 11.5. The van der Waals surface area contributed by atoms with Crippen molar-refractivity contribution in [3.8, 4) is 0 Å². The smallest absolute Gasteiger partial charge is 0.241 e. The van der Waals surface area contributed by atoms with Crippen molar-refractivity contribution in [1.29, 1.82) is 0 Å². The van der Waals surface area contributed by atoms with Gasteiger partial charge < -0.3 is 11.1 Å². The van der Waals surface area contributed by atoms with E-state index in [0.717, 1.165) is 12.2 Å². The Morgan fingerprint density at radius 1 is 1.80 bits per heavy atom. The second-order valence-corrected chi connectivity index (χ2v) is 4.10. The molecule has 1 unspecified atom stereocenters. The number of nitrogen functional groups attached to an aromatic ring is 1. The average Bonchev–Trinajstić information content (AvgIpc) is 2.84. The van der Waals surface area contributed by atoms with Crippen LogP contribution in [0.25, 0.3) is 0 Å². The van der Waals surface area contributed by atoms with Gasteiger partial charge in [-0.3, -0.25) is 10.1 Å². The van der Waals surface area contributed by atoms with E-state index in [1.807, 2.05) is 17.5 Å². The fourth-order valence-electron chi connectivity index (χ4n) is 1.34. The summed E-state index contributed by atoms with van der Waals surface area (Å²) in [5, 5.41) is 8.19. The van der Waals surface area contributed by atoms with Gasteiger partial charge in [-0.2, -0.15) is 0 Å². The number of hydrogen-bond donors (Lipinski definition) is 3. The van der Waals surface area contributed by atoms with E-state index in [-0.39, 0.29) is 11.9 Å². The molecule has 1 aliphatic heterocycles. The zero-order valence-corrected chi connectivity index (χ0v) is 8.88. The molecule has 1 aromatic heterocycles. The number of anilines is 1. The zero-order chi connectivity index (χ0) is 10.7. The Bertz CT molecular complexity index is 387. The number of carbonyl (C=O) groups is 1. The first-order valence-corrected chi connectivity index (χ1v) is 5.51. The van der Waals surface area contributed by atoms with Crippen LogP contribution >= 0.6 is 11.3 Å². The van der Waals surface area contributed by atoms with Gasteiger partial charge >= 0.3 is 0 Å². The Labute approximate surface area is 91.4 Å². The van der Waals surface area contributed by atoms with E-state index in [9.17, 15) is 4.79 Å². The lowest BCUT2D eigenvalue weighted by Crippen LogP contribution is -2.40. The lowest BCUT2D eigenvalue weighted by molar-refractivity contribution is -0.122. The second-order valence-electron chi connectivity index (χ2n) is 3.21. The van der Waals surface area contributed by atoms with Gasteiger partial charge in [-0.15, -0.1) is 11.3 Å². The van der Waals surface area contributed by atoms with Crippen LogP contribution in [0.4, 0.5) is 5.13 Å². The fourth-order valence-corrected chi connectivity index (χ4v) is 1.90. The van der Waals surface area contributed by atoms with Crippen molar-refractivity contribution in [3.63, 3.8) is 0 Å². The monoisotopic (exact) mass is 224 g/mol. The molecule has 1 aromatic rings. The second kappa shape index (κ2) is 4.41. The Balaban J connectivity index is 1.82. The first-order valence-electron chi connectivity index (χ1n) is 4.63. The predicted molar refractivity (Wildman–Crippen MR) is 59.3 cm³/mol. The van der Waals surface area contributed by atoms with E-state index in [4.69, 9.17) is 5.73 Å². The molecule has 2 rings (SSSR count). The van der Waals surface area contributed by atoms with Crippen LogP contribution in [0.5, 0.6) is 0 Å². The number of amides is 1. The van der Waals surface area contributed by atoms with Crippen molar-refractivity contribution in [2.24, 2.45) is 0 Å². The normalized spacial score (nSPS) is 19.3. The van der Waals surface area contributed by atoms with E-state index in [1.165, 1.54) is 11.3 Å². The quantitative estimate of drug-likeness (QED) is 0.625. The first-order chi connectivity index (χ1) is 7.25. The predicted octanol–water partition coefficient (Wildman–Crippen LogP) is -0.131. The van der Waals surface area contributed by atoms with Gasteiger partial charge in [0, 0.05) is 11.9 Å². The van der Waals surface area contributed by atoms with E-state index in [0.29, 0.717) is 11.7 Å². The summed E-state index contributed by atoms with van der Waals surface area (Å²) in [6.07, 6.45) is 3.79. The largest absolute Gasteiger partial charge is 0.375 e. The molecule has 0 aromatic carbocycles. The standard InChI is InChI=1S/C9H12N4OS/c10-9-13-6(5-15-9)4-12-8(14)7-2-1-3-11-7/h1-2,5,7,11H,3-4H2,(H2,10,13)(H,12,14). The van der Waals surface area contributed by atoms with Gasteiger partial charge in [0.15, 0.2) is 5.13 Å². The van der Waals surface area contributed by atoms with Crippen molar-refractivity contribution >= 4 is 22.4 Å². The van der Waals surface area contributed by atoms with Crippen LogP contribution in [-0.4, -0.2) is 23.5 Å². The summed E-state index contributed by atoms with van der Waals surface area (Å²) in [6.45, 7) is 1.18. The highest BCUT2D eigenvalue weighted by Gasteiger charge is 2.16. The Hall–Kier alpha value is -1.40. The van der Waals surface area contributed by atoms with Crippen LogP contribution in [0.3, 0.4) is 0 Å². The molecule has 0 spiro atoms. The number of aromatic nitrogens is 1. The molecule has 0 saturated carbocycles. The molecule has 0 radical (unpaired) electrons. The molecule has 1 atom stereocenters. The molecule has 2 heterocycles. The molecule has 1 amide bonds. The number of rotatable bonds is 3. The molecule has 15 heavy (non-hydrogen) atoms. The van der Waals surface area contributed by atoms with Gasteiger partial charge in [0.25, 0.3) is 0 Å². The average molecular weight is 224 g/mol. The third kappa shape index (κ3) is 2.54. The van der Waals surface area contributed by atoms with Crippen LogP contribution < -0.4 is 16.4 Å². The van der Waals surface area contributed by atoms with Crippen LogP contribution in [0.1, 0.15) is 5.69 Å². The number of hydrogen-bond acceptors (Lipinski definition) is 5. The molecule has 4 N–H and O–H groups in total. The van der Waals surface area contributed by atoms with Crippen LogP contribution in [0.2, 0.25) is 0 Å². The summed E-state index contributed by atoms with van der Waals surface area (Å²) >= 11 is 1.37. The highest BCUT2D eigenvalue weighted by molar-refractivity contribution is 7.13. The van der Waals surface area contributed by atoms with Crippen molar-refractivity contribution < 1.29 is 4.79 Å². The zero-order valence-electron chi connectivity index (χ0n) is 8.06.